The van der Waals surface area contributed by atoms with Crippen LogP contribution in [0.3, 0.4) is 0 Å². The van der Waals surface area contributed by atoms with Crippen LogP contribution >= 0.6 is 11.3 Å². The summed E-state index contributed by atoms with van der Waals surface area (Å²) in [7, 11) is 0. The van der Waals surface area contributed by atoms with Crippen molar-refractivity contribution in [3.8, 4) is 0 Å². The fourth-order valence-electron chi connectivity index (χ4n) is 1.51. The van der Waals surface area contributed by atoms with Gasteiger partial charge in [0.2, 0.25) is 5.13 Å². The Hall–Kier alpha value is -1.21. The van der Waals surface area contributed by atoms with Crippen LogP contribution in [0.4, 0.5) is 9.93 Å². The third-order valence-corrected chi connectivity index (χ3v) is 3.62. The summed E-state index contributed by atoms with van der Waals surface area (Å²) in [5.74, 6) is 0.413. The van der Waals surface area contributed by atoms with Crippen LogP contribution < -0.4 is 10.6 Å². The number of nitrogens with one attached hydrogen (secondary N) is 2. The van der Waals surface area contributed by atoms with Crippen LogP contribution in [0, 0.1) is 0 Å². The standard InChI is InChI=1S/C11H20N4O2S/c1-3-8(4-2)9-14-15-11(18-9)13-10(17)12-6-5-7-16/h8,16H,3-7H2,1-2H3,(H2,12,13,15,17). The van der Waals surface area contributed by atoms with Crippen molar-refractivity contribution in [3.05, 3.63) is 5.01 Å². The number of hydrogen-bond donors (Lipinski definition) is 3. The highest BCUT2D eigenvalue weighted by Crippen LogP contribution is 2.27. The summed E-state index contributed by atoms with van der Waals surface area (Å²) in [6.45, 7) is 4.74. The molecule has 7 heteroatoms. The molecule has 0 aliphatic rings. The van der Waals surface area contributed by atoms with E-state index >= 15 is 0 Å². The average Bonchev–Trinajstić information content (AvgIpc) is 2.79. The highest BCUT2D eigenvalue weighted by molar-refractivity contribution is 7.15. The zero-order valence-corrected chi connectivity index (χ0v) is 11.6. The molecule has 0 aromatic carbocycles. The van der Waals surface area contributed by atoms with Crippen LogP contribution in [0.25, 0.3) is 0 Å². The Kier molecular flexibility index (Phi) is 6.59. The Morgan fingerprint density at radius 1 is 1.39 bits per heavy atom. The normalized spacial score (nSPS) is 10.7. The summed E-state index contributed by atoms with van der Waals surface area (Å²) in [5.41, 5.74) is 0. The first-order valence-electron chi connectivity index (χ1n) is 6.20. The molecule has 102 valence electrons. The van der Waals surface area contributed by atoms with Gasteiger partial charge in [-0.25, -0.2) is 4.79 Å². The van der Waals surface area contributed by atoms with Crippen molar-refractivity contribution in [2.75, 3.05) is 18.5 Å². The number of aliphatic hydroxyl groups is 1. The second-order valence-corrected chi connectivity index (χ2v) is 4.93. The number of amides is 2. The topological polar surface area (TPSA) is 87.1 Å². The van der Waals surface area contributed by atoms with Gasteiger partial charge in [0.25, 0.3) is 0 Å². The van der Waals surface area contributed by atoms with E-state index in [4.69, 9.17) is 5.11 Å². The minimum Gasteiger partial charge on any atom is -0.396 e. The summed E-state index contributed by atoms with van der Waals surface area (Å²) in [6, 6.07) is -0.310. The van der Waals surface area contributed by atoms with E-state index in [2.05, 4.69) is 34.7 Å². The van der Waals surface area contributed by atoms with Gasteiger partial charge in [-0.2, -0.15) is 0 Å². The monoisotopic (exact) mass is 272 g/mol. The van der Waals surface area contributed by atoms with Gasteiger partial charge < -0.3 is 10.4 Å². The van der Waals surface area contributed by atoms with Crippen molar-refractivity contribution in [2.24, 2.45) is 0 Å². The van der Waals surface area contributed by atoms with Crippen molar-refractivity contribution in [1.29, 1.82) is 0 Å². The Balaban J connectivity index is 2.45. The molecule has 0 fully saturated rings. The van der Waals surface area contributed by atoms with E-state index in [1.807, 2.05) is 0 Å². The molecule has 1 aromatic rings. The van der Waals surface area contributed by atoms with E-state index in [1.165, 1.54) is 11.3 Å². The zero-order chi connectivity index (χ0) is 13.4. The Morgan fingerprint density at radius 2 is 2.11 bits per heavy atom. The van der Waals surface area contributed by atoms with E-state index in [0.717, 1.165) is 17.8 Å². The van der Waals surface area contributed by atoms with Gasteiger partial charge in [-0.05, 0) is 19.3 Å². The maximum Gasteiger partial charge on any atom is 0.321 e. The van der Waals surface area contributed by atoms with Crippen LogP contribution in [0.2, 0.25) is 0 Å². The molecule has 0 aliphatic heterocycles. The van der Waals surface area contributed by atoms with Gasteiger partial charge in [-0.15, -0.1) is 10.2 Å². The van der Waals surface area contributed by atoms with Crippen LogP contribution in [0.5, 0.6) is 0 Å². The number of hydrogen-bond acceptors (Lipinski definition) is 5. The van der Waals surface area contributed by atoms with Crippen LogP contribution in [0.15, 0.2) is 0 Å². The van der Waals surface area contributed by atoms with Crippen LogP contribution in [0.1, 0.15) is 44.0 Å². The number of rotatable bonds is 7. The summed E-state index contributed by atoms with van der Waals surface area (Å²) in [4.78, 5) is 11.4. The quantitative estimate of drug-likeness (QED) is 0.662. The number of aromatic nitrogens is 2. The molecule has 0 atom stereocenters. The van der Waals surface area contributed by atoms with Gasteiger partial charge in [0, 0.05) is 19.1 Å². The van der Waals surface area contributed by atoms with Crippen molar-refractivity contribution >= 4 is 22.5 Å². The molecular formula is C11H20N4O2S. The van der Waals surface area contributed by atoms with E-state index in [-0.39, 0.29) is 12.6 Å². The fourth-order valence-corrected chi connectivity index (χ4v) is 2.52. The van der Waals surface area contributed by atoms with E-state index < -0.39 is 0 Å². The lowest BCUT2D eigenvalue weighted by Crippen LogP contribution is -2.29. The SMILES string of the molecule is CCC(CC)c1nnc(NC(=O)NCCCO)s1. The van der Waals surface area contributed by atoms with Gasteiger partial charge >= 0.3 is 6.03 Å². The van der Waals surface area contributed by atoms with E-state index in [1.54, 1.807) is 0 Å². The molecule has 0 bridgehead atoms. The number of aliphatic hydroxyl groups excluding tert-OH is 1. The molecule has 0 unspecified atom stereocenters. The van der Waals surface area contributed by atoms with Gasteiger partial charge in [-0.3, -0.25) is 5.32 Å². The van der Waals surface area contributed by atoms with Gasteiger partial charge in [-0.1, -0.05) is 25.2 Å². The Morgan fingerprint density at radius 3 is 2.72 bits per heavy atom. The molecule has 0 saturated carbocycles. The molecule has 0 spiro atoms. The third kappa shape index (κ3) is 4.58. The van der Waals surface area contributed by atoms with Crippen molar-refractivity contribution < 1.29 is 9.90 Å². The molecule has 1 rings (SSSR count). The average molecular weight is 272 g/mol. The van der Waals surface area contributed by atoms with E-state index in [9.17, 15) is 4.79 Å². The largest absolute Gasteiger partial charge is 0.396 e. The zero-order valence-electron chi connectivity index (χ0n) is 10.8. The Bertz CT molecular complexity index is 366. The van der Waals surface area contributed by atoms with E-state index in [0.29, 0.717) is 24.0 Å². The minimum absolute atomic E-state index is 0.0674. The molecule has 1 heterocycles. The third-order valence-electron chi connectivity index (χ3n) is 2.62. The second kappa shape index (κ2) is 7.99. The van der Waals surface area contributed by atoms with Crippen LogP contribution in [-0.4, -0.2) is 34.5 Å². The first kappa shape index (κ1) is 14.8. The predicted molar refractivity (Wildman–Crippen MR) is 72.0 cm³/mol. The van der Waals surface area contributed by atoms with Gasteiger partial charge in [0.05, 0.1) is 0 Å². The fraction of sp³-hybridized carbons (Fsp3) is 0.727. The van der Waals surface area contributed by atoms with Crippen LogP contribution in [-0.2, 0) is 0 Å². The van der Waals surface area contributed by atoms with Gasteiger partial charge in [0.1, 0.15) is 5.01 Å². The number of nitrogens with zero attached hydrogens (tertiary/aromatic N) is 2. The first-order chi connectivity index (χ1) is 8.71. The molecule has 6 nitrogen and oxygen atoms in total. The molecule has 2 amide bonds. The lowest BCUT2D eigenvalue weighted by molar-refractivity contribution is 0.249. The summed E-state index contributed by atoms with van der Waals surface area (Å²) in [5, 5.41) is 23.4. The maximum atomic E-state index is 11.4. The van der Waals surface area contributed by atoms with Gasteiger partial charge in [0.15, 0.2) is 0 Å². The summed E-state index contributed by atoms with van der Waals surface area (Å²) < 4.78 is 0. The molecule has 18 heavy (non-hydrogen) atoms. The number of urea groups is 1. The number of carbonyl (C=O) groups excluding carboxylic acids is 1. The lowest BCUT2D eigenvalue weighted by atomic mass is 10.1. The molecule has 0 radical (unpaired) electrons. The maximum absolute atomic E-state index is 11.4. The Labute approximate surface area is 111 Å². The van der Waals surface area contributed by atoms with Crippen molar-refractivity contribution in [2.45, 2.75) is 39.0 Å². The molecule has 0 aliphatic carbocycles. The number of carbonyl (C=O) groups is 1. The molecule has 1 aromatic heterocycles. The minimum atomic E-state index is -0.310. The highest BCUT2D eigenvalue weighted by atomic mass is 32.1. The first-order valence-corrected chi connectivity index (χ1v) is 7.02. The highest BCUT2D eigenvalue weighted by Gasteiger charge is 2.14. The second-order valence-electron chi connectivity index (χ2n) is 3.92. The molecule has 3 N–H and O–H groups in total. The smallest absolute Gasteiger partial charge is 0.321 e. The van der Waals surface area contributed by atoms with Crippen molar-refractivity contribution in [3.63, 3.8) is 0 Å². The molecular weight excluding hydrogens is 252 g/mol. The summed E-state index contributed by atoms with van der Waals surface area (Å²) >= 11 is 1.41. The lowest BCUT2D eigenvalue weighted by Gasteiger charge is -2.06. The summed E-state index contributed by atoms with van der Waals surface area (Å²) in [6.07, 6.45) is 2.59. The predicted octanol–water partition coefficient (Wildman–Crippen LogP) is 1.95. The van der Waals surface area contributed by atoms with Crippen molar-refractivity contribution in [1.82, 2.24) is 15.5 Å². The molecule has 0 saturated heterocycles. The number of anilines is 1.